The summed E-state index contributed by atoms with van der Waals surface area (Å²) < 4.78 is 13.0. The van der Waals surface area contributed by atoms with Crippen molar-refractivity contribution in [2.75, 3.05) is 52.1 Å². The number of piperazine rings is 1. The second-order valence-corrected chi connectivity index (χ2v) is 7.41. The van der Waals surface area contributed by atoms with Crippen LogP contribution in [-0.2, 0) is 9.59 Å². The lowest BCUT2D eigenvalue weighted by molar-refractivity contribution is -0.135. The number of halogens is 1. The standard InChI is InChI=1S/C22H27FN4O2/c1-25(2)22(29)21(17-6-4-3-5-7-17)27-14-12-26(13-15-27)16-20(28)24-19-10-8-18(23)9-11-19/h3-11,21H,12-16H2,1-2H3,(H,24,28)/t21-/m1/s1. The van der Waals surface area contributed by atoms with Crippen LogP contribution in [0.25, 0.3) is 0 Å². The summed E-state index contributed by atoms with van der Waals surface area (Å²) in [6.45, 7) is 3.05. The third kappa shape index (κ3) is 5.62. The van der Waals surface area contributed by atoms with E-state index in [9.17, 15) is 14.0 Å². The van der Waals surface area contributed by atoms with Crippen molar-refractivity contribution < 1.29 is 14.0 Å². The van der Waals surface area contributed by atoms with Crippen LogP contribution in [-0.4, -0.2) is 73.3 Å². The van der Waals surface area contributed by atoms with E-state index in [4.69, 9.17) is 0 Å². The van der Waals surface area contributed by atoms with Crippen molar-refractivity contribution in [3.63, 3.8) is 0 Å². The molecule has 0 spiro atoms. The third-order valence-corrected chi connectivity index (χ3v) is 5.06. The van der Waals surface area contributed by atoms with Gasteiger partial charge in [0.05, 0.1) is 6.54 Å². The molecule has 7 heteroatoms. The Bertz CT molecular complexity index is 818. The lowest BCUT2D eigenvalue weighted by atomic mass is 10.0. The number of nitrogens with zero attached hydrogens (tertiary/aromatic N) is 3. The van der Waals surface area contributed by atoms with Gasteiger partial charge in [-0.15, -0.1) is 0 Å². The van der Waals surface area contributed by atoms with Gasteiger partial charge in [-0.05, 0) is 29.8 Å². The minimum absolute atomic E-state index is 0.0544. The number of carbonyl (C=O) groups excluding carboxylic acids is 2. The highest BCUT2D eigenvalue weighted by Crippen LogP contribution is 2.24. The Morgan fingerprint density at radius 3 is 2.21 bits per heavy atom. The monoisotopic (exact) mass is 398 g/mol. The van der Waals surface area contributed by atoms with Crippen LogP contribution in [0.1, 0.15) is 11.6 Å². The molecule has 1 heterocycles. The molecule has 29 heavy (non-hydrogen) atoms. The molecular formula is C22H27FN4O2. The van der Waals surface area contributed by atoms with Crippen molar-refractivity contribution in [3.8, 4) is 0 Å². The molecule has 2 aromatic carbocycles. The van der Waals surface area contributed by atoms with Gasteiger partial charge in [-0.3, -0.25) is 19.4 Å². The van der Waals surface area contributed by atoms with Crippen molar-refractivity contribution in [3.05, 3.63) is 66.0 Å². The van der Waals surface area contributed by atoms with Crippen LogP contribution in [0.3, 0.4) is 0 Å². The highest BCUT2D eigenvalue weighted by atomic mass is 19.1. The van der Waals surface area contributed by atoms with Crippen molar-refractivity contribution in [2.24, 2.45) is 0 Å². The summed E-state index contributed by atoms with van der Waals surface area (Å²) in [6, 6.07) is 15.2. The number of nitrogens with one attached hydrogen (secondary N) is 1. The maximum absolute atomic E-state index is 13.0. The molecule has 3 rings (SSSR count). The van der Waals surface area contributed by atoms with Gasteiger partial charge in [-0.25, -0.2) is 4.39 Å². The van der Waals surface area contributed by atoms with Crippen LogP contribution in [0.5, 0.6) is 0 Å². The predicted molar refractivity (Wildman–Crippen MR) is 111 cm³/mol. The van der Waals surface area contributed by atoms with Gasteiger partial charge in [0.25, 0.3) is 0 Å². The Hall–Kier alpha value is -2.77. The summed E-state index contributed by atoms with van der Waals surface area (Å²) in [5.41, 5.74) is 1.56. The number of hydrogen-bond acceptors (Lipinski definition) is 4. The molecule has 0 radical (unpaired) electrons. The molecule has 6 nitrogen and oxygen atoms in total. The summed E-state index contributed by atoms with van der Waals surface area (Å²) in [7, 11) is 3.54. The molecule has 0 unspecified atom stereocenters. The molecule has 0 aliphatic carbocycles. The SMILES string of the molecule is CN(C)C(=O)[C@@H](c1ccccc1)N1CCN(CC(=O)Nc2ccc(F)cc2)CC1. The maximum atomic E-state index is 13.0. The lowest BCUT2D eigenvalue weighted by Gasteiger charge is -2.39. The van der Waals surface area contributed by atoms with Gasteiger partial charge >= 0.3 is 0 Å². The van der Waals surface area contributed by atoms with E-state index in [0.29, 0.717) is 31.9 Å². The van der Waals surface area contributed by atoms with E-state index >= 15 is 0 Å². The average Bonchev–Trinajstić information content (AvgIpc) is 2.72. The van der Waals surface area contributed by atoms with Crippen molar-refractivity contribution in [1.29, 1.82) is 0 Å². The topological polar surface area (TPSA) is 55.9 Å². The molecule has 1 saturated heterocycles. The van der Waals surface area contributed by atoms with Gasteiger partial charge in [0.2, 0.25) is 11.8 Å². The highest BCUT2D eigenvalue weighted by molar-refractivity contribution is 5.92. The van der Waals surface area contributed by atoms with Gasteiger partial charge in [0.15, 0.2) is 0 Å². The smallest absolute Gasteiger partial charge is 0.244 e. The van der Waals surface area contributed by atoms with E-state index in [2.05, 4.69) is 15.1 Å². The minimum Gasteiger partial charge on any atom is -0.347 e. The Kier molecular flexibility index (Phi) is 6.95. The Morgan fingerprint density at radius 2 is 1.62 bits per heavy atom. The van der Waals surface area contributed by atoms with Crippen LogP contribution in [0.4, 0.5) is 10.1 Å². The van der Waals surface area contributed by atoms with E-state index in [-0.39, 0.29) is 30.2 Å². The minimum atomic E-state index is -0.334. The molecule has 1 N–H and O–H groups in total. The largest absolute Gasteiger partial charge is 0.347 e. The summed E-state index contributed by atoms with van der Waals surface area (Å²) in [6.07, 6.45) is 0. The van der Waals surface area contributed by atoms with Crippen LogP contribution in [0, 0.1) is 5.82 Å². The number of anilines is 1. The first-order valence-electron chi connectivity index (χ1n) is 9.72. The zero-order valence-corrected chi connectivity index (χ0v) is 16.8. The van der Waals surface area contributed by atoms with E-state index in [0.717, 1.165) is 5.56 Å². The molecule has 1 aliphatic rings. The molecule has 1 atom stereocenters. The Balaban J connectivity index is 1.57. The summed E-state index contributed by atoms with van der Waals surface area (Å²) in [5, 5.41) is 2.79. The Morgan fingerprint density at radius 1 is 1.00 bits per heavy atom. The Labute approximate surface area is 170 Å². The summed E-state index contributed by atoms with van der Waals surface area (Å²) >= 11 is 0. The van der Waals surface area contributed by atoms with Crippen LogP contribution in [0.2, 0.25) is 0 Å². The van der Waals surface area contributed by atoms with Gasteiger partial charge in [-0.2, -0.15) is 0 Å². The quantitative estimate of drug-likeness (QED) is 0.811. The number of rotatable bonds is 6. The van der Waals surface area contributed by atoms with E-state index < -0.39 is 0 Å². The average molecular weight is 398 g/mol. The molecule has 1 aliphatic heterocycles. The van der Waals surface area contributed by atoms with E-state index in [1.165, 1.54) is 12.1 Å². The highest BCUT2D eigenvalue weighted by Gasteiger charge is 2.31. The van der Waals surface area contributed by atoms with E-state index in [1.807, 2.05) is 30.3 Å². The van der Waals surface area contributed by atoms with Gasteiger partial charge in [0.1, 0.15) is 11.9 Å². The number of benzene rings is 2. The third-order valence-electron chi connectivity index (χ3n) is 5.06. The first-order chi connectivity index (χ1) is 13.9. The maximum Gasteiger partial charge on any atom is 0.244 e. The van der Waals surface area contributed by atoms with Crippen molar-refractivity contribution in [2.45, 2.75) is 6.04 Å². The van der Waals surface area contributed by atoms with Crippen molar-refractivity contribution in [1.82, 2.24) is 14.7 Å². The molecule has 2 aromatic rings. The first-order valence-corrected chi connectivity index (χ1v) is 9.72. The van der Waals surface area contributed by atoms with Crippen LogP contribution < -0.4 is 5.32 Å². The van der Waals surface area contributed by atoms with Crippen molar-refractivity contribution >= 4 is 17.5 Å². The number of hydrogen-bond donors (Lipinski definition) is 1. The number of carbonyl (C=O) groups is 2. The fourth-order valence-corrected chi connectivity index (χ4v) is 3.51. The number of likely N-dealkylation sites (N-methyl/N-ethyl adjacent to an activating group) is 1. The molecule has 0 bridgehead atoms. The summed E-state index contributed by atoms with van der Waals surface area (Å²) in [5.74, 6) is -0.410. The fourth-order valence-electron chi connectivity index (χ4n) is 3.51. The molecule has 0 aromatic heterocycles. The van der Waals surface area contributed by atoms with Crippen LogP contribution >= 0.6 is 0 Å². The molecule has 2 amide bonds. The van der Waals surface area contributed by atoms with E-state index in [1.54, 1.807) is 31.1 Å². The molecular weight excluding hydrogens is 371 g/mol. The van der Waals surface area contributed by atoms with Gasteiger partial charge in [-0.1, -0.05) is 30.3 Å². The normalized spacial score (nSPS) is 16.2. The molecule has 1 fully saturated rings. The zero-order chi connectivity index (χ0) is 20.8. The molecule has 0 saturated carbocycles. The predicted octanol–water partition coefficient (Wildman–Crippen LogP) is 2.21. The molecule has 154 valence electrons. The van der Waals surface area contributed by atoms with Gasteiger partial charge in [0, 0.05) is 46.0 Å². The first kappa shape index (κ1) is 21.0. The second kappa shape index (κ2) is 9.62. The summed E-state index contributed by atoms with van der Waals surface area (Å²) in [4.78, 5) is 31.0. The van der Waals surface area contributed by atoms with Gasteiger partial charge < -0.3 is 10.2 Å². The second-order valence-electron chi connectivity index (χ2n) is 7.41. The fraction of sp³-hybridized carbons (Fsp3) is 0.364. The lowest BCUT2D eigenvalue weighted by Crippen LogP contribution is -2.52. The zero-order valence-electron chi connectivity index (χ0n) is 16.8. The number of amides is 2. The van der Waals surface area contributed by atoms with Crippen LogP contribution in [0.15, 0.2) is 54.6 Å².